The van der Waals surface area contributed by atoms with E-state index in [9.17, 15) is 30.0 Å². The second-order valence-corrected chi connectivity index (χ2v) is 22.3. The molecule has 30 heteroatoms. The van der Waals surface area contributed by atoms with Crippen LogP contribution in [0.4, 0.5) is 5.82 Å². The second kappa shape index (κ2) is 22.0. The highest BCUT2D eigenvalue weighted by molar-refractivity contribution is 7.91. The van der Waals surface area contributed by atoms with Crippen LogP contribution in [0.1, 0.15) is 13.3 Å². The molecule has 0 aliphatic heterocycles. The number of hydrogen-bond acceptors (Lipinski definition) is 22. The molecule has 0 atom stereocenters. The van der Waals surface area contributed by atoms with Crippen molar-refractivity contribution in [2.45, 2.75) is 34.6 Å². The van der Waals surface area contributed by atoms with Crippen molar-refractivity contribution in [2.24, 2.45) is 0 Å². The van der Waals surface area contributed by atoms with Crippen LogP contribution < -0.4 is 4.90 Å². The van der Waals surface area contributed by atoms with Gasteiger partial charge >= 0.3 is 5.97 Å². The number of nitrogens with one attached hydrogen (secondary N) is 3. The van der Waals surface area contributed by atoms with E-state index in [-0.39, 0.29) is 44.5 Å². The standard InChI is InChI=1S/C16H18N6O4S.C15H16N6O2S.C14H11N7O2S/c1-3-26-14(23)7-8-22-10-11(9-17-22)12-5-4-6-13(27(2,24)25)15(12)16-18-20-21-19-16;1-21(2)13-8-7-10(9-16-13)11-5-4-6-12(24(3,22)23)14(11)15-17-19-20-18-15;1-24(22,23)11-4-2-3-10(13(11)14-17-19-20-18-14)9-5-6-12-15-8-16-21(12)7-9/h4-6,9-10H,3,7-8H2,1-2H3,(H,18,19,20,21);4-9H,1-3H3,(H,17,18,19,20);2-8H,1H3,(H,17,18,19,20). The van der Waals surface area contributed by atoms with Crippen LogP contribution in [-0.4, -0.2) is 162 Å². The Morgan fingerprint density at radius 2 is 1.08 bits per heavy atom. The molecular formula is C45H45N19O8S3. The number of rotatable bonds is 14. The monoisotopic (exact) mass is 1080 g/mol. The average Bonchev–Trinajstić information content (AvgIpc) is 4.26. The molecule has 0 saturated heterocycles. The molecule has 10 aromatic rings. The number of pyridine rings is 2. The van der Waals surface area contributed by atoms with E-state index >= 15 is 0 Å². The summed E-state index contributed by atoms with van der Waals surface area (Å²) in [6, 6.07) is 22.3. The van der Waals surface area contributed by atoms with Crippen molar-refractivity contribution in [3.8, 4) is 67.5 Å². The van der Waals surface area contributed by atoms with Crippen LogP contribution in [0.2, 0.25) is 0 Å². The van der Waals surface area contributed by atoms with Gasteiger partial charge in [-0.3, -0.25) is 9.48 Å². The van der Waals surface area contributed by atoms with Crippen molar-refractivity contribution < 1.29 is 34.8 Å². The van der Waals surface area contributed by atoms with Gasteiger partial charge in [0.1, 0.15) is 12.1 Å². The molecule has 3 aromatic carbocycles. The number of nitrogens with zero attached hydrogens (tertiary/aromatic N) is 16. The fourth-order valence-corrected chi connectivity index (χ4v) is 10.3. The first-order valence-electron chi connectivity index (χ1n) is 22.1. The third-order valence-electron chi connectivity index (χ3n) is 10.9. The Bertz CT molecular complexity index is 3940. The summed E-state index contributed by atoms with van der Waals surface area (Å²) in [5.41, 5.74) is 5.99. The van der Waals surface area contributed by atoms with E-state index in [2.05, 4.69) is 82.0 Å². The van der Waals surface area contributed by atoms with Crippen molar-refractivity contribution in [3.05, 3.63) is 110 Å². The number of anilines is 1. The normalized spacial score (nSPS) is 11.6. The molecule has 0 bridgehead atoms. The summed E-state index contributed by atoms with van der Waals surface area (Å²) in [4.78, 5) is 22.3. The topological polar surface area (TPSA) is 356 Å². The molecule has 0 amide bonds. The number of H-pyrrole nitrogens is 3. The highest BCUT2D eigenvalue weighted by atomic mass is 32.2. The zero-order valence-electron chi connectivity index (χ0n) is 40.7. The van der Waals surface area contributed by atoms with Crippen molar-refractivity contribution in [1.82, 2.24) is 91.2 Å². The Hall–Kier alpha value is -9.03. The van der Waals surface area contributed by atoms with Gasteiger partial charge in [0.25, 0.3) is 0 Å². The van der Waals surface area contributed by atoms with E-state index in [1.807, 2.05) is 43.3 Å². The Balaban J connectivity index is 0.000000150. The zero-order valence-corrected chi connectivity index (χ0v) is 43.1. The number of aryl methyl sites for hydroxylation is 1. The quantitative estimate of drug-likeness (QED) is 0.131. The van der Waals surface area contributed by atoms with Gasteiger partial charge in [-0.15, -0.1) is 30.6 Å². The van der Waals surface area contributed by atoms with E-state index in [0.29, 0.717) is 57.7 Å². The number of carbonyl (C=O) groups is 1. The number of aromatic nitrogens is 18. The van der Waals surface area contributed by atoms with Gasteiger partial charge in [0.15, 0.2) is 35.2 Å². The summed E-state index contributed by atoms with van der Waals surface area (Å²) in [6.45, 7) is 2.43. The van der Waals surface area contributed by atoms with E-state index in [1.54, 1.807) is 77.3 Å². The first kappa shape index (κ1) is 52.3. The fraction of sp³-hybridized carbons (Fsp3) is 0.200. The predicted octanol–water partition coefficient (Wildman–Crippen LogP) is 3.47. The van der Waals surface area contributed by atoms with Crippen molar-refractivity contribution in [2.75, 3.05) is 44.4 Å². The molecule has 0 spiro atoms. The van der Waals surface area contributed by atoms with Crippen molar-refractivity contribution >= 4 is 46.9 Å². The SMILES string of the molecule is CCOC(=O)CCn1cc(-c2cccc(S(C)(=O)=O)c2-c2nn[nH]n2)cn1.CN(C)c1ccc(-c2cccc(S(C)(=O)=O)c2-c2nn[nH]n2)cn1.CS(=O)(=O)c1cccc(-c2ccc3ncnn3c2)c1-c1nn[nH]n1. The number of aromatic amines is 3. The third-order valence-corrected chi connectivity index (χ3v) is 14.3. The lowest BCUT2D eigenvalue weighted by molar-refractivity contribution is -0.143. The first-order valence-corrected chi connectivity index (χ1v) is 27.8. The lowest BCUT2D eigenvalue weighted by Gasteiger charge is -2.14. The number of carbonyl (C=O) groups excluding carboxylic acids is 1. The molecule has 0 aliphatic carbocycles. The molecular weight excluding hydrogens is 1030 g/mol. The molecule has 75 heavy (non-hydrogen) atoms. The molecule has 386 valence electrons. The maximum absolute atomic E-state index is 12.2. The number of sulfone groups is 3. The lowest BCUT2D eigenvalue weighted by Crippen LogP contribution is -2.10. The molecule has 0 radical (unpaired) electrons. The van der Waals surface area contributed by atoms with Crippen LogP contribution in [0.15, 0.2) is 125 Å². The molecule has 10 rings (SSSR count). The van der Waals surface area contributed by atoms with Gasteiger partial charge in [-0.25, -0.2) is 39.7 Å². The van der Waals surface area contributed by atoms with Gasteiger partial charge in [-0.05, 0) is 81.7 Å². The third kappa shape index (κ3) is 12.1. The van der Waals surface area contributed by atoms with Gasteiger partial charge in [-0.1, -0.05) is 36.4 Å². The molecule has 0 fully saturated rings. The summed E-state index contributed by atoms with van der Waals surface area (Å²) in [7, 11) is -6.66. The summed E-state index contributed by atoms with van der Waals surface area (Å²) in [5, 5.41) is 49.7. The van der Waals surface area contributed by atoms with Gasteiger partial charge < -0.3 is 9.64 Å². The summed E-state index contributed by atoms with van der Waals surface area (Å²) in [6.07, 6.45) is 11.9. The van der Waals surface area contributed by atoms with Crippen LogP contribution in [0.5, 0.6) is 0 Å². The summed E-state index contributed by atoms with van der Waals surface area (Å²) in [5.74, 6) is 1.11. The molecule has 27 nitrogen and oxygen atoms in total. The maximum atomic E-state index is 12.2. The van der Waals surface area contributed by atoms with Crippen molar-refractivity contribution in [1.29, 1.82) is 0 Å². The van der Waals surface area contributed by atoms with Gasteiger partial charge in [0, 0.05) is 84.8 Å². The molecule has 0 unspecified atom stereocenters. The van der Waals surface area contributed by atoms with Gasteiger partial charge in [-0.2, -0.15) is 25.8 Å². The Morgan fingerprint density at radius 3 is 1.52 bits per heavy atom. The molecule has 0 saturated carbocycles. The number of fused-ring (bicyclic) bond motifs is 1. The van der Waals surface area contributed by atoms with Crippen LogP contribution in [0, 0.1) is 0 Å². The van der Waals surface area contributed by atoms with Gasteiger partial charge in [0.2, 0.25) is 17.5 Å². The fourth-order valence-electron chi connectivity index (χ4n) is 7.59. The van der Waals surface area contributed by atoms with Crippen LogP contribution in [0.3, 0.4) is 0 Å². The first-order chi connectivity index (χ1) is 35.8. The minimum Gasteiger partial charge on any atom is -0.466 e. The number of benzene rings is 3. The van der Waals surface area contributed by atoms with Crippen molar-refractivity contribution in [3.63, 3.8) is 0 Å². The molecule has 0 aliphatic rings. The smallest absolute Gasteiger partial charge is 0.307 e. The number of esters is 1. The largest absolute Gasteiger partial charge is 0.466 e. The Kier molecular flexibility index (Phi) is 15.3. The average molecular weight is 1080 g/mol. The number of ether oxygens (including phenoxy) is 1. The maximum Gasteiger partial charge on any atom is 0.307 e. The summed E-state index contributed by atoms with van der Waals surface area (Å²) < 4.78 is 81.3. The Morgan fingerprint density at radius 1 is 0.587 bits per heavy atom. The van der Waals surface area contributed by atoms with Crippen LogP contribution >= 0.6 is 0 Å². The highest BCUT2D eigenvalue weighted by Crippen LogP contribution is 2.38. The number of tetrazole rings is 3. The summed E-state index contributed by atoms with van der Waals surface area (Å²) >= 11 is 0. The van der Waals surface area contributed by atoms with E-state index in [1.165, 1.54) is 24.5 Å². The molecule has 3 N–H and O–H groups in total. The van der Waals surface area contributed by atoms with E-state index < -0.39 is 29.5 Å². The van der Waals surface area contributed by atoms with Crippen LogP contribution in [-0.2, 0) is 45.6 Å². The van der Waals surface area contributed by atoms with Crippen LogP contribution in [0.25, 0.3) is 73.2 Å². The highest BCUT2D eigenvalue weighted by Gasteiger charge is 2.25. The predicted molar refractivity (Wildman–Crippen MR) is 270 cm³/mol. The minimum absolute atomic E-state index is 0.0978. The number of hydrogen-bond donors (Lipinski definition) is 3. The van der Waals surface area contributed by atoms with E-state index in [0.717, 1.165) is 35.7 Å². The lowest BCUT2D eigenvalue weighted by atomic mass is 10.0. The van der Waals surface area contributed by atoms with E-state index in [4.69, 9.17) is 4.74 Å². The zero-order chi connectivity index (χ0) is 53.5. The molecule has 7 heterocycles. The Labute approximate surface area is 427 Å². The molecule has 7 aromatic heterocycles. The second-order valence-electron chi connectivity index (χ2n) is 16.4. The van der Waals surface area contributed by atoms with Gasteiger partial charge in [0.05, 0.1) is 40.5 Å². The minimum atomic E-state index is -3.52.